The summed E-state index contributed by atoms with van der Waals surface area (Å²) in [5, 5.41) is 2.56. The monoisotopic (exact) mass is 301 g/mol. The van der Waals surface area contributed by atoms with Gasteiger partial charge < -0.3 is 5.32 Å². The van der Waals surface area contributed by atoms with E-state index in [2.05, 4.69) is 5.32 Å². The summed E-state index contributed by atoms with van der Waals surface area (Å²) in [6, 6.07) is 2.98. The highest BCUT2D eigenvalue weighted by molar-refractivity contribution is 6.36. The van der Waals surface area contributed by atoms with Gasteiger partial charge in [-0.05, 0) is 18.2 Å². The molecule has 1 rings (SSSR count). The number of hydrogen-bond donors (Lipinski definition) is 2. The Bertz CT molecular complexity index is 453. The highest BCUT2D eigenvalue weighted by atomic mass is 35.5. The molecule has 0 aliphatic rings. The van der Waals surface area contributed by atoms with Crippen LogP contribution >= 0.6 is 23.2 Å². The number of nitrogens with one attached hydrogen (secondary N) is 1. The third-order valence-corrected chi connectivity index (χ3v) is 2.33. The molecule has 0 fully saturated rings. The van der Waals surface area contributed by atoms with Gasteiger partial charge in [0.05, 0.1) is 10.7 Å². The lowest BCUT2D eigenvalue weighted by atomic mass is 10.3. The van der Waals surface area contributed by atoms with Gasteiger partial charge in [0.2, 0.25) is 0 Å². The molecular weight excluding hydrogens is 294 g/mol. The van der Waals surface area contributed by atoms with E-state index < -0.39 is 18.8 Å². The number of hydrazine groups is 1. The first-order valence-electron chi connectivity index (χ1n) is 4.54. The Morgan fingerprint density at radius 3 is 2.50 bits per heavy atom. The number of nitrogens with zero attached hydrogens (tertiary/aromatic N) is 1. The fraction of sp³-hybridized carbons (Fsp3) is 0.222. The van der Waals surface area contributed by atoms with Crippen molar-refractivity contribution in [1.29, 1.82) is 0 Å². The maximum Gasteiger partial charge on any atom is 0.407 e. The lowest BCUT2D eigenvalue weighted by Crippen LogP contribution is -2.46. The first kappa shape index (κ1) is 14.9. The number of amides is 2. The van der Waals surface area contributed by atoms with Crippen molar-refractivity contribution < 1.29 is 18.0 Å². The van der Waals surface area contributed by atoms with Crippen LogP contribution in [0.25, 0.3) is 0 Å². The fourth-order valence-electron chi connectivity index (χ4n) is 1.04. The number of carbonyl (C=O) groups excluding carboxylic acids is 1. The molecule has 100 valence electrons. The number of nitrogens with two attached hydrogens (primary N) is 1. The van der Waals surface area contributed by atoms with Crippen LogP contribution in [0.5, 0.6) is 0 Å². The second-order valence-electron chi connectivity index (χ2n) is 3.30. The largest absolute Gasteiger partial charge is 0.407 e. The van der Waals surface area contributed by atoms with E-state index in [9.17, 15) is 18.0 Å². The molecule has 0 saturated carbocycles. The van der Waals surface area contributed by atoms with Crippen LogP contribution in [-0.4, -0.2) is 23.8 Å². The zero-order chi connectivity index (χ0) is 13.9. The predicted octanol–water partition coefficient (Wildman–Crippen LogP) is 3.26. The lowest BCUT2D eigenvalue weighted by molar-refractivity contribution is -0.139. The quantitative estimate of drug-likeness (QED) is 0.500. The fourth-order valence-corrected chi connectivity index (χ4v) is 1.50. The molecule has 0 unspecified atom stereocenters. The maximum absolute atomic E-state index is 12.0. The van der Waals surface area contributed by atoms with Crippen molar-refractivity contribution >= 4 is 34.9 Å². The van der Waals surface area contributed by atoms with Gasteiger partial charge in [0.15, 0.2) is 0 Å². The molecule has 0 spiro atoms. The zero-order valence-electron chi connectivity index (χ0n) is 8.76. The molecule has 9 heteroatoms. The summed E-state index contributed by atoms with van der Waals surface area (Å²) < 4.78 is 36.0. The van der Waals surface area contributed by atoms with Gasteiger partial charge >= 0.3 is 12.2 Å². The Labute approximate surface area is 110 Å². The topological polar surface area (TPSA) is 58.4 Å². The molecule has 0 aromatic heterocycles. The second kappa shape index (κ2) is 5.64. The molecule has 0 heterocycles. The summed E-state index contributed by atoms with van der Waals surface area (Å²) in [6.07, 6.45) is -4.57. The molecule has 0 bridgehead atoms. The van der Waals surface area contributed by atoms with Crippen molar-refractivity contribution in [3.8, 4) is 0 Å². The summed E-state index contributed by atoms with van der Waals surface area (Å²) in [7, 11) is 0. The summed E-state index contributed by atoms with van der Waals surface area (Å²) in [6.45, 7) is -1.57. The first-order valence-corrected chi connectivity index (χ1v) is 5.29. The average molecular weight is 302 g/mol. The molecule has 3 N–H and O–H groups in total. The van der Waals surface area contributed by atoms with E-state index in [1.54, 1.807) is 0 Å². The van der Waals surface area contributed by atoms with Crippen LogP contribution in [0.3, 0.4) is 0 Å². The Morgan fingerprint density at radius 2 is 2.00 bits per heavy atom. The third kappa shape index (κ3) is 4.59. The Morgan fingerprint density at radius 1 is 1.39 bits per heavy atom. The van der Waals surface area contributed by atoms with Gasteiger partial charge in [0.1, 0.15) is 6.54 Å². The summed E-state index contributed by atoms with van der Waals surface area (Å²) in [5.74, 6) is 4.96. The molecule has 18 heavy (non-hydrogen) atoms. The van der Waals surface area contributed by atoms with E-state index in [1.807, 2.05) is 0 Å². The number of rotatable bonds is 2. The van der Waals surface area contributed by atoms with Gasteiger partial charge in [-0.1, -0.05) is 23.2 Å². The number of carbonyl (C=O) groups is 1. The van der Waals surface area contributed by atoms with E-state index >= 15 is 0 Å². The number of halogens is 5. The molecule has 1 aromatic rings. The standard InChI is InChI=1S/C9H8Cl2F3N3O/c10-5-1-2-7(6(11)3-5)16-8(18)17(15)4-9(12,13)14/h1-3H,4,15H2,(H,16,18). The smallest absolute Gasteiger partial charge is 0.305 e. The number of alkyl halides is 3. The summed E-state index contributed by atoms with van der Waals surface area (Å²) in [5.41, 5.74) is 0.115. The molecule has 0 radical (unpaired) electrons. The van der Waals surface area contributed by atoms with Crippen molar-refractivity contribution in [3.05, 3.63) is 28.2 Å². The number of benzene rings is 1. The van der Waals surface area contributed by atoms with Crippen molar-refractivity contribution in [2.75, 3.05) is 11.9 Å². The third-order valence-electron chi connectivity index (χ3n) is 1.78. The average Bonchev–Trinajstić information content (AvgIpc) is 2.19. The predicted molar refractivity (Wildman–Crippen MR) is 62.4 cm³/mol. The van der Waals surface area contributed by atoms with Crippen molar-refractivity contribution in [2.45, 2.75) is 6.18 Å². The van der Waals surface area contributed by atoms with Gasteiger partial charge in [-0.25, -0.2) is 10.6 Å². The van der Waals surface area contributed by atoms with Gasteiger partial charge in [-0.15, -0.1) is 0 Å². The van der Waals surface area contributed by atoms with Crippen LogP contribution in [0, 0.1) is 0 Å². The maximum atomic E-state index is 12.0. The minimum Gasteiger partial charge on any atom is -0.305 e. The van der Waals surface area contributed by atoms with Crippen LogP contribution < -0.4 is 11.2 Å². The van der Waals surface area contributed by atoms with Crippen LogP contribution in [0.2, 0.25) is 10.0 Å². The minimum absolute atomic E-state index is 0.00490. The highest BCUT2D eigenvalue weighted by Crippen LogP contribution is 2.25. The Hall–Kier alpha value is -1.18. The van der Waals surface area contributed by atoms with Gasteiger partial charge in [0.25, 0.3) is 0 Å². The van der Waals surface area contributed by atoms with E-state index in [1.165, 1.54) is 18.2 Å². The number of urea groups is 1. The molecule has 1 aromatic carbocycles. The lowest BCUT2D eigenvalue weighted by Gasteiger charge is -2.19. The van der Waals surface area contributed by atoms with Crippen molar-refractivity contribution in [3.63, 3.8) is 0 Å². The van der Waals surface area contributed by atoms with Gasteiger partial charge in [-0.2, -0.15) is 13.2 Å². The van der Waals surface area contributed by atoms with Crippen LogP contribution in [0.15, 0.2) is 18.2 Å². The van der Waals surface area contributed by atoms with Gasteiger partial charge in [-0.3, -0.25) is 5.01 Å². The second-order valence-corrected chi connectivity index (χ2v) is 4.14. The molecular formula is C9H8Cl2F3N3O. The molecule has 4 nitrogen and oxygen atoms in total. The van der Waals surface area contributed by atoms with E-state index in [0.717, 1.165) is 0 Å². The Kier molecular flexibility index (Phi) is 4.66. The number of hydrogen-bond acceptors (Lipinski definition) is 2. The van der Waals surface area contributed by atoms with Crippen molar-refractivity contribution in [1.82, 2.24) is 5.01 Å². The SMILES string of the molecule is NN(CC(F)(F)F)C(=O)Nc1ccc(Cl)cc1Cl. The number of anilines is 1. The van der Waals surface area contributed by atoms with Crippen LogP contribution in [0.4, 0.5) is 23.7 Å². The molecule has 0 aliphatic heterocycles. The van der Waals surface area contributed by atoms with Crippen LogP contribution in [-0.2, 0) is 0 Å². The minimum atomic E-state index is -4.57. The molecule has 0 aliphatic carbocycles. The molecule has 0 saturated heterocycles. The zero-order valence-corrected chi connectivity index (χ0v) is 10.3. The normalized spacial score (nSPS) is 11.2. The van der Waals surface area contributed by atoms with Gasteiger partial charge in [0, 0.05) is 5.02 Å². The van der Waals surface area contributed by atoms with Crippen molar-refractivity contribution in [2.24, 2.45) is 5.84 Å². The van der Waals surface area contributed by atoms with E-state index in [4.69, 9.17) is 29.0 Å². The van der Waals surface area contributed by atoms with Crippen LogP contribution in [0.1, 0.15) is 0 Å². The Balaban J connectivity index is 2.70. The first-order chi connectivity index (χ1) is 8.19. The summed E-state index contributed by atoms with van der Waals surface area (Å²) in [4.78, 5) is 11.3. The summed E-state index contributed by atoms with van der Waals surface area (Å²) >= 11 is 11.4. The highest BCUT2D eigenvalue weighted by Gasteiger charge is 2.32. The molecule has 2 amide bonds. The van der Waals surface area contributed by atoms with E-state index in [-0.39, 0.29) is 15.7 Å². The van der Waals surface area contributed by atoms with E-state index in [0.29, 0.717) is 5.02 Å². The molecule has 0 atom stereocenters.